The van der Waals surface area contributed by atoms with Crippen molar-refractivity contribution < 1.29 is 0 Å². The highest BCUT2D eigenvalue weighted by Crippen LogP contribution is 2.27. The predicted octanol–water partition coefficient (Wildman–Crippen LogP) is 2.37. The summed E-state index contributed by atoms with van der Waals surface area (Å²) in [4.78, 5) is 8.42. The minimum absolute atomic E-state index is 0.237. The summed E-state index contributed by atoms with van der Waals surface area (Å²) in [5, 5.41) is 12.1. The van der Waals surface area contributed by atoms with E-state index in [-0.39, 0.29) is 5.92 Å². The second kappa shape index (κ2) is 6.68. The van der Waals surface area contributed by atoms with Crippen molar-refractivity contribution in [3.05, 3.63) is 47.3 Å². The maximum atomic E-state index is 8.79. The van der Waals surface area contributed by atoms with Gasteiger partial charge in [0.25, 0.3) is 0 Å². The van der Waals surface area contributed by atoms with Gasteiger partial charge in [-0.1, -0.05) is 26.0 Å². The van der Waals surface area contributed by atoms with Crippen LogP contribution in [0.4, 0.5) is 11.6 Å². The Morgan fingerprint density at radius 1 is 1.19 bits per heavy atom. The monoisotopic (exact) mass is 282 g/mol. The predicted molar refractivity (Wildman–Crippen MR) is 82.4 cm³/mol. The number of hydrazine groups is 1. The number of rotatable bonds is 5. The number of benzene rings is 1. The second-order valence-electron chi connectivity index (χ2n) is 4.95. The van der Waals surface area contributed by atoms with Crippen LogP contribution in [-0.2, 0) is 6.54 Å². The van der Waals surface area contributed by atoms with Gasteiger partial charge in [0.15, 0.2) is 0 Å². The number of nitrogens with two attached hydrogens (primary N) is 1. The lowest BCUT2D eigenvalue weighted by molar-refractivity contribution is 0.845. The van der Waals surface area contributed by atoms with E-state index in [1.165, 1.54) is 6.33 Å². The van der Waals surface area contributed by atoms with Gasteiger partial charge in [-0.15, -0.1) is 0 Å². The standard InChI is InChI=1S/C15H18N6/c1-10(2)13-14(19-9-20-15(13)21-17)18-8-12-5-3-11(7-16)4-6-12/h3-6,9-10H,8,17H2,1-2H3,(H2,18,19,20,21). The molecule has 2 rings (SSSR count). The van der Waals surface area contributed by atoms with Gasteiger partial charge in [-0.05, 0) is 23.6 Å². The summed E-state index contributed by atoms with van der Waals surface area (Å²) in [6, 6.07) is 9.54. The highest BCUT2D eigenvalue weighted by Gasteiger charge is 2.14. The molecule has 1 aromatic carbocycles. The lowest BCUT2D eigenvalue weighted by Gasteiger charge is -2.16. The van der Waals surface area contributed by atoms with Gasteiger partial charge in [-0.3, -0.25) is 0 Å². The molecule has 0 aliphatic heterocycles. The van der Waals surface area contributed by atoms with Crippen molar-refractivity contribution in [3.8, 4) is 6.07 Å². The first kappa shape index (κ1) is 14.8. The van der Waals surface area contributed by atoms with Crippen LogP contribution in [0, 0.1) is 11.3 Å². The molecule has 6 heteroatoms. The molecule has 0 aliphatic rings. The van der Waals surface area contributed by atoms with E-state index in [0.29, 0.717) is 17.9 Å². The van der Waals surface area contributed by atoms with Gasteiger partial charge >= 0.3 is 0 Å². The molecule has 0 radical (unpaired) electrons. The largest absolute Gasteiger partial charge is 0.366 e. The van der Waals surface area contributed by atoms with Crippen molar-refractivity contribution >= 4 is 11.6 Å². The summed E-state index contributed by atoms with van der Waals surface area (Å²) >= 11 is 0. The smallest absolute Gasteiger partial charge is 0.148 e. The highest BCUT2D eigenvalue weighted by atomic mass is 15.3. The van der Waals surface area contributed by atoms with Crippen molar-refractivity contribution in [2.75, 3.05) is 10.7 Å². The summed E-state index contributed by atoms with van der Waals surface area (Å²) in [7, 11) is 0. The van der Waals surface area contributed by atoms with Gasteiger partial charge in [0.2, 0.25) is 0 Å². The van der Waals surface area contributed by atoms with Crippen molar-refractivity contribution in [3.63, 3.8) is 0 Å². The summed E-state index contributed by atoms with van der Waals surface area (Å²) in [5.74, 6) is 7.12. The van der Waals surface area contributed by atoms with Crippen LogP contribution in [0.2, 0.25) is 0 Å². The number of hydrogen-bond acceptors (Lipinski definition) is 6. The molecular weight excluding hydrogens is 264 g/mol. The molecular formula is C15H18N6. The lowest BCUT2D eigenvalue weighted by atomic mass is 10.0. The highest BCUT2D eigenvalue weighted by molar-refractivity contribution is 5.58. The fraction of sp³-hybridized carbons (Fsp3) is 0.267. The molecule has 0 unspecified atom stereocenters. The summed E-state index contributed by atoms with van der Waals surface area (Å²) in [5.41, 5.74) is 5.28. The minimum Gasteiger partial charge on any atom is -0.366 e. The zero-order valence-electron chi connectivity index (χ0n) is 12.1. The maximum absolute atomic E-state index is 8.79. The van der Waals surface area contributed by atoms with E-state index in [4.69, 9.17) is 11.1 Å². The molecule has 4 N–H and O–H groups in total. The average Bonchev–Trinajstić information content (AvgIpc) is 2.52. The fourth-order valence-electron chi connectivity index (χ4n) is 2.08. The number of nitriles is 1. The molecule has 6 nitrogen and oxygen atoms in total. The molecule has 0 saturated heterocycles. The summed E-state index contributed by atoms with van der Waals surface area (Å²) in [6.07, 6.45) is 1.47. The van der Waals surface area contributed by atoms with Crippen molar-refractivity contribution in [1.82, 2.24) is 9.97 Å². The normalized spacial score (nSPS) is 10.2. The Morgan fingerprint density at radius 3 is 2.43 bits per heavy atom. The van der Waals surface area contributed by atoms with Crippen LogP contribution in [0.5, 0.6) is 0 Å². The van der Waals surface area contributed by atoms with Crippen molar-refractivity contribution in [1.29, 1.82) is 5.26 Å². The fourth-order valence-corrected chi connectivity index (χ4v) is 2.08. The molecule has 0 amide bonds. The van der Waals surface area contributed by atoms with Gasteiger partial charge in [0.1, 0.15) is 18.0 Å². The SMILES string of the molecule is CC(C)c1c(NN)ncnc1NCc1ccc(C#N)cc1. The van der Waals surface area contributed by atoms with E-state index in [1.54, 1.807) is 12.1 Å². The topological polar surface area (TPSA) is 99.7 Å². The third kappa shape index (κ3) is 3.46. The molecule has 0 bridgehead atoms. The lowest BCUT2D eigenvalue weighted by Crippen LogP contribution is -2.15. The average molecular weight is 282 g/mol. The molecule has 0 saturated carbocycles. The Kier molecular flexibility index (Phi) is 4.69. The molecule has 1 aromatic heterocycles. The van der Waals surface area contributed by atoms with Gasteiger partial charge in [0, 0.05) is 12.1 Å². The Labute approximate surface area is 124 Å². The van der Waals surface area contributed by atoms with E-state index in [1.807, 2.05) is 12.1 Å². The molecule has 0 aliphatic carbocycles. The van der Waals surface area contributed by atoms with Crippen LogP contribution in [0.1, 0.15) is 36.5 Å². The molecule has 0 atom stereocenters. The minimum atomic E-state index is 0.237. The first-order valence-electron chi connectivity index (χ1n) is 6.70. The number of hydrogen-bond donors (Lipinski definition) is 3. The Balaban J connectivity index is 2.17. The number of nitrogen functional groups attached to an aromatic ring is 1. The van der Waals surface area contributed by atoms with Gasteiger partial charge in [-0.25, -0.2) is 15.8 Å². The maximum Gasteiger partial charge on any atom is 0.148 e. The van der Waals surface area contributed by atoms with Crippen LogP contribution >= 0.6 is 0 Å². The van der Waals surface area contributed by atoms with E-state index < -0.39 is 0 Å². The van der Waals surface area contributed by atoms with Gasteiger partial charge in [-0.2, -0.15) is 5.26 Å². The molecule has 0 spiro atoms. The number of anilines is 2. The van der Waals surface area contributed by atoms with Gasteiger partial charge in [0.05, 0.1) is 11.6 Å². The Hall–Kier alpha value is -2.65. The first-order chi connectivity index (χ1) is 10.2. The van der Waals surface area contributed by atoms with Crippen molar-refractivity contribution in [2.45, 2.75) is 26.3 Å². The third-order valence-electron chi connectivity index (χ3n) is 3.14. The summed E-state index contributed by atoms with van der Waals surface area (Å²) in [6.45, 7) is 4.74. The zero-order valence-corrected chi connectivity index (χ0v) is 12.1. The second-order valence-corrected chi connectivity index (χ2v) is 4.95. The quantitative estimate of drug-likeness (QED) is 0.575. The van der Waals surface area contributed by atoms with Crippen LogP contribution in [-0.4, -0.2) is 9.97 Å². The van der Waals surface area contributed by atoms with Crippen molar-refractivity contribution in [2.24, 2.45) is 5.84 Å². The number of aromatic nitrogens is 2. The number of nitrogens with zero attached hydrogens (tertiary/aromatic N) is 3. The molecule has 0 fully saturated rings. The third-order valence-corrected chi connectivity index (χ3v) is 3.14. The van der Waals surface area contributed by atoms with E-state index >= 15 is 0 Å². The molecule has 21 heavy (non-hydrogen) atoms. The molecule has 1 heterocycles. The molecule has 108 valence electrons. The summed E-state index contributed by atoms with van der Waals surface area (Å²) < 4.78 is 0. The van der Waals surface area contributed by atoms with E-state index in [2.05, 4.69) is 40.6 Å². The van der Waals surface area contributed by atoms with Crippen LogP contribution in [0.15, 0.2) is 30.6 Å². The van der Waals surface area contributed by atoms with Crippen LogP contribution in [0.3, 0.4) is 0 Å². The van der Waals surface area contributed by atoms with Gasteiger partial charge < -0.3 is 10.7 Å². The zero-order chi connectivity index (χ0) is 15.2. The van der Waals surface area contributed by atoms with E-state index in [9.17, 15) is 0 Å². The Bertz CT molecular complexity index is 642. The Morgan fingerprint density at radius 2 is 1.86 bits per heavy atom. The van der Waals surface area contributed by atoms with E-state index in [0.717, 1.165) is 16.9 Å². The number of nitrogens with one attached hydrogen (secondary N) is 2. The van der Waals surface area contributed by atoms with Crippen LogP contribution < -0.4 is 16.6 Å². The first-order valence-corrected chi connectivity index (χ1v) is 6.70. The van der Waals surface area contributed by atoms with Crippen LogP contribution in [0.25, 0.3) is 0 Å². The molecule has 2 aromatic rings.